The van der Waals surface area contributed by atoms with Crippen molar-refractivity contribution < 1.29 is 5.11 Å². The van der Waals surface area contributed by atoms with Gasteiger partial charge in [0.25, 0.3) is 0 Å². The smallest absolute Gasteiger partial charge is 0.0603 e. The molecule has 0 bridgehead atoms. The predicted octanol–water partition coefficient (Wildman–Crippen LogP) is 4.51. The molecule has 0 heterocycles. The van der Waals surface area contributed by atoms with Gasteiger partial charge in [-0.05, 0) is 30.4 Å². The second kappa shape index (κ2) is 7.66. The maximum absolute atomic E-state index is 10.2. The quantitative estimate of drug-likeness (QED) is 0.574. The van der Waals surface area contributed by atoms with Gasteiger partial charge in [0.05, 0.1) is 6.10 Å². The summed E-state index contributed by atoms with van der Waals surface area (Å²) >= 11 is 0. The second-order valence-corrected chi connectivity index (χ2v) is 12.2. The lowest BCUT2D eigenvalue weighted by Crippen LogP contribution is -2.19. The average Bonchev–Trinajstić information content (AvgIpc) is 2.35. The van der Waals surface area contributed by atoms with Crippen LogP contribution in [0.4, 0.5) is 0 Å². The van der Waals surface area contributed by atoms with Crippen LogP contribution >= 0.6 is 0 Å². The number of hydrogen-bond donors (Lipinski definition) is 1. The summed E-state index contributed by atoms with van der Waals surface area (Å²) in [5, 5.41) is 10.2. The lowest BCUT2D eigenvalue weighted by Gasteiger charge is -2.17. The van der Waals surface area contributed by atoms with Crippen LogP contribution in [0.1, 0.15) is 18.9 Å². The van der Waals surface area contributed by atoms with Crippen molar-refractivity contribution in [1.82, 2.24) is 0 Å². The zero-order valence-corrected chi connectivity index (χ0v) is 13.8. The number of allylic oxidation sites excluding steroid dienone is 1. The van der Waals surface area contributed by atoms with E-state index in [2.05, 4.69) is 63.0 Å². The first-order valence-corrected chi connectivity index (χ1v) is 11.0. The van der Waals surface area contributed by atoms with Crippen molar-refractivity contribution in [2.45, 2.75) is 51.6 Å². The molecule has 0 radical (unpaired) electrons. The van der Waals surface area contributed by atoms with E-state index in [-0.39, 0.29) is 12.0 Å². The zero-order valence-electron chi connectivity index (χ0n) is 12.8. The molecule has 1 aromatic carbocycles. The van der Waals surface area contributed by atoms with E-state index in [1.807, 2.05) is 6.07 Å². The van der Waals surface area contributed by atoms with E-state index < -0.39 is 8.07 Å². The van der Waals surface area contributed by atoms with Crippen LogP contribution in [0, 0.1) is 5.92 Å². The van der Waals surface area contributed by atoms with E-state index in [0.29, 0.717) is 0 Å². The van der Waals surface area contributed by atoms with Crippen molar-refractivity contribution >= 4 is 8.07 Å². The van der Waals surface area contributed by atoms with Gasteiger partial charge in [0.2, 0.25) is 0 Å². The van der Waals surface area contributed by atoms with Gasteiger partial charge in [0, 0.05) is 8.07 Å². The molecule has 0 fully saturated rings. The van der Waals surface area contributed by atoms with Gasteiger partial charge >= 0.3 is 0 Å². The summed E-state index contributed by atoms with van der Waals surface area (Å²) < 4.78 is 0. The molecule has 0 aliphatic carbocycles. The van der Waals surface area contributed by atoms with Crippen molar-refractivity contribution in [3.63, 3.8) is 0 Å². The minimum absolute atomic E-state index is 0.238. The van der Waals surface area contributed by atoms with Crippen LogP contribution < -0.4 is 0 Å². The number of aliphatic hydroxyl groups excluding tert-OH is 1. The highest BCUT2D eigenvalue weighted by molar-refractivity contribution is 6.76. The zero-order chi connectivity index (χ0) is 14.3. The highest BCUT2D eigenvalue weighted by Crippen LogP contribution is 2.15. The van der Waals surface area contributed by atoms with Crippen LogP contribution in [-0.4, -0.2) is 19.3 Å². The normalized spacial score (nSPS) is 15.6. The maximum atomic E-state index is 10.2. The van der Waals surface area contributed by atoms with Crippen LogP contribution in [0.3, 0.4) is 0 Å². The molecule has 106 valence electrons. The van der Waals surface area contributed by atoms with Gasteiger partial charge < -0.3 is 5.11 Å². The van der Waals surface area contributed by atoms with Gasteiger partial charge in [-0.2, -0.15) is 0 Å². The van der Waals surface area contributed by atoms with Gasteiger partial charge in [-0.25, -0.2) is 0 Å². The monoisotopic (exact) mass is 276 g/mol. The van der Waals surface area contributed by atoms with Crippen LogP contribution in [0.2, 0.25) is 25.7 Å². The molecule has 2 atom stereocenters. The molecule has 1 N–H and O–H groups in total. The van der Waals surface area contributed by atoms with Gasteiger partial charge in [0.15, 0.2) is 0 Å². The fourth-order valence-electron chi connectivity index (χ4n) is 1.99. The van der Waals surface area contributed by atoms with Crippen molar-refractivity contribution in [1.29, 1.82) is 0 Å². The summed E-state index contributed by atoms with van der Waals surface area (Å²) in [5.41, 5.74) is 1.31. The Morgan fingerprint density at radius 3 is 2.37 bits per heavy atom. The maximum Gasteiger partial charge on any atom is 0.0603 e. The van der Waals surface area contributed by atoms with Crippen LogP contribution in [0.5, 0.6) is 0 Å². The molecular formula is C17H28OSi. The third-order valence-corrected chi connectivity index (χ3v) is 4.81. The minimum Gasteiger partial charge on any atom is -0.393 e. The third-order valence-electron chi connectivity index (χ3n) is 3.35. The molecule has 2 heteroatoms. The summed E-state index contributed by atoms with van der Waals surface area (Å²) in [4.78, 5) is 0. The number of rotatable bonds is 7. The summed E-state index contributed by atoms with van der Waals surface area (Å²) in [5.74, 6) is 0.250. The Morgan fingerprint density at radius 1 is 1.16 bits per heavy atom. The molecule has 0 unspecified atom stereocenters. The highest BCUT2D eigenvalue weighted by atomic mass is 28.3. The van der Waals surface area contributed by atoms with E-state index in [1.165, 1.54) is 11.6 Å². The Kier molecular flexibility index (Phi) is 6.53. The molecule has 0 spiro atoms. The van der Waals surface area contributed by atoms with Gasteiger partial charge in [0.1, 0.15) is 0 Å². The first-order chi connectivity index (χ1) is 8.88. The van der Waals surface area contributed by atoms with Gasteiger partial charge in [-0.1, -0.05) is 69.0 Å². The Hall–Kier alpha value is -0.863. The molecule has 0 aliphatic rings. The number of aryl methyl sites for hydroxylation is 1. The number of aliphatic hydroxyl groups is 1. The largest absolute Gasteiger partial charge is 0.393 e. The Bertz CT molecular complexity index is 378. The first kappa shape index (κ1) is 16.2. The molecule has 0 aliphatic heterocycles. The molecule has 1 aromatic rings. The first-order valence-electron chi connectivity index (χ1n) is 7.27. The standard InChI is InChI=1S/C17H28OSi/c1-15(9-8-14-19(2,3)4)17(18)13-12-16-10-6-5-7-11-16/h5-11,15,17-18H,12-14H2,1-4H3/b9-8+/t15-,17-/m1/s1. The third kappa shape index (κ3) is 7.33. The van der Waals surface area contributed by atoms with E-state index in [4.69, 9.17) is 0 Å². The average molecular weight is 276 g/mol. The predicted molar refractivity (Wildman–Crippen MR) is 87.2 cm³/mol. The second-order valence-electron chi connectivity index (χ2n) is 6.64. The molecular weight excluding hydrogens is 248 g/mol. The fraction of sp³-hybridized carbons (Fsp3) is 0.529. The van der Waals surface area contributed by atoms with Crippen molar-refractivity contribution in [2.75, 3.05) is 0 Å². The fourth-order valence-corrected chi connectivity index (χ4v) is 2.83. The minimum atomic E-state index is -0.998. The summed E-state index contributed by atoms with van der Waals surface area (Å²) in [7, 11) is -0.998. The molecule has 19 heavy (non-hydrogen) atoms. The Morgan fingerprint density at radius 2 is 1.79 bits per heavy atom. The van der Waals surface area contributed by atoms with Gasteiger partial charge in [-0.3, -0.25) is 0 Å². The summed E-state index contributed by atoms with van der Waals surface area (Å²) in [6.07, 6.45) is 6.01. The SMILES string of the molecule is C[C@H](/C=C/C[Si](C)(C)C)[C@H](O)CCc1ccccc1. The van der Waals surface area contributed by atoms with Crippen LogP contribution in [0.15, 0.2) is 42.5 Å². The van der Waals surface area contributed by atoms with E-state index in [1.54, 1.807) is 0 Å². The van der Waals surface area contributed by atoms with E-state index >= 15 is 0 Å². The molecule has 0 aromatic heterocycles. The number of hydrogen-bond acceptors (Lipinski definition) is 1. The van der Waals surface area contributed by atoms with Crippen LogP contribution in [-0.2, 0) is 6.42 Å². The molecule has 1 rings (SSSR count). The number of benzene rings is 1. The molecule has 0 amide bonds. The Balaban J connectivity index is 2.34. The van der Waals surface area contributed by atoms with Crippen LogP contribution in [0.25, 0.3) is 0 Å². The van der Waals surface area contributed by atoms with Crippen molar-refractivity contribution in [3.8, 4) is 0 Å². The van der Waals surface area contributed by atoms with E-state index in [9.17, 15) is 5.11 Å². The summed E-state index contributed by atoms with van der Waals surface area (Å²) in [6, 6.07) is 11.6. The van der Waals surface area contributed by atoms with Crippen molar-refractivity contribution in [3.05, 3.63) is 48.0 Å². The molecule has 0 saturated heterocycles. The summed E-state index contributed by atoms with van der Waals surface area (Å²) in [6.45, 7) is 9.21. The molecule has 0 saturated carbocycles. The van der Waals surface area contributed by atoms with Crippen molar-refractivity contribution in [2.24, 2.45) is 5.92 Å². The molecule has 1 nitrogen and oxygen atoms in total. The topological polar surface area (TPSA) is 20.2 Å². The van der Waals surface area contributed by atoms with Gasteiger partial charge in [-0.15, -0.1) is 0 Å². The highest BCUT2D eigenvalue weighted by Gasteiger charge is 2.13. The lowest BCUT2D eigenvalue weighted by atomic mass is 9.97. The van der Waals surface area contributed by atoms with E-state index in [0.717, 1.165) is 12.8 Å². The Labute approximate surface area is 119 Å². The lowest BCUT2D eigenvalue weighted by molar-refractivity contribution is 0.128.